The molecule has 0 fully saturated rings. The summed E-state index contributed by atoms with van der Waals surface area (Å²) in [5.41, 5.74) is 2.06. The smallest absolute Gasteiger partial charge is 0.119 e. The van der Waals surface area contributed by atoms with Gasteiger partial charge in [0.2, 0.25) is 0 Å². The maximum absolute atomic E-state index is 9.62. The summed E-state index contributed by atoms with van der Waals surface area (Å²) in [6.45, 7) is 8.43. The largest absolute Gasteiger partial charge is 0.493 e. The fourth-order valence-corrected chi connectivity index (χ4v) is 1.37. The fourth-order valence-electron chi connectivity index (χ4n) is 1.37. The predicted octanol–water partition coefficient (Wildman–Crippen LogP) is 3.48. The molecule has 0 heterocycles. The summed E-state index contributed by atoms with van der Waals surface area (Å²) in [7, 11) is 0. The zero-order valence-electron chi connectivity index (χ0n) is 10.1. The van der Waals surface area contributed by atoms with Crippen molar-refractivity contribution in [3.8, 4) is 5.75 Å². The molecule has 0 aliphatic rings. The quantitative estimate of drug-likeness (QED) is 0.744. The first-order valence-corrected chi connectivity index (χ1v) is 5.68. The Labute approximate surface area is 97.6 Å². The van der Waals surface area contributed by atoms with Crippen LogP contribution in [0, 0.1) is 0 Å². The Balaban J connectivity index is 2.48. The molecule has 0 aromatic heterocycles. The zero-order valence-corrected chi connectivity index (χ0v) is 10.1. The Morgan fingerprint density at radius 3 is 2.50 bits per heavy atom. The highest BCUT2D eigenvalue weighted by Crippen LogP contribution is 2.19. The van der Waals surface area contributed by atoms with E-state index in [1.54, 1.807) is 0 Å². The number of benzene rings is 1. The molecule has 0 spiro atoms. The van der Waals surface area contributed by atoms with Crippen molar-refractivity contribution < 1.29 is 9.84 Å². The number of aliphatic hydroxyl groups excluding tert-OH is 1. The van der Waals surface area contributed by atoms with Crippen LogP contribution in [-0.2, 0) is 0 Å². The van der Waals surface area contributed by atoms with E-state index in [1.807, 2.05) is 38.1 Å². The second-order valence-electron chi connectivity index (χ2n) is 4.05. The van der Waals surface area contributed by atoms with Crippen LogP contribution < -0.4 is 4.74 Å². The third-order valence-corrected chi connectivity index (χ3v) is 2.45. The molecule has 0 aliphatic heterocycles. The molecule has 1 atom stereocenters. The molecule has 0 amide bonds. The van der Waals surface area contributed by atoms with Crippen molar-refractivity contribution in [3.05, 3.63) is 42.0 Å². The van der Waals surface area contributed by atoms with Gasteiger partial charge < -0.3 is 9.84 Å². The molecule has 2 nitrogen and oxygen atoms in total. The molecule has 1 aromatic rings. The van der Waals surface area contributed by atoms with Gasteiger partial charge in [-0.3, -0.25) is 0 Å². The summed E-state index contributed by atoms with van der Waals surface area (Å²) in [4.78, 5) is 0. The van der Waals surface area contributed by atoms with Gasteiger partial charge in [0.25, 0.3) is 0 Å². The minimum Gasteiger partial charge on any atom is -0.493 e. The molecule has 0 bridgehead atoms. The SMILES string of the molecule is C=C(C)CCOc1ccc([C@@H](O)CC)cc1. The van der Waals surface area contributed by atoms with Crippen molar-refractivity contribution in [1.82, 2.24) is 0 Å². The summed E-state index contributed by atoms with van der Waals surface area (Å²) in [5, 5.41) is 9.62. The normalized spacial score (nSPS) is 12.2. The van der Waals surface area contributed by atoms with Crippen LogP contribution in [0.25, 0.3) is 0 Å². The topological polar surface area (TPSA) is 29.5 Å². The van der Waals surface area contributed by atoms with Crippen LogP contribution in [-0.4, -0.2) is 11.7 Å². The summed E-state index contributed by atoms with van der Waals surface area (Å²) in [6, 6.07) is 7.60. The lowest BCUT2D eigenvalue weighted by molar-refractivity contribution is 0.173. The van der Waals surface area contributed by atoms with E-state index in [0.717, 1.165) is 29.7 Å². The Bertz CT molecular complexity index is 327. The highest BCUT2D eigenvalue weighted by Gasteiger charge is 2.04. The number of aliphatic hydroxyl groups is 1. The molecule has 0 unspecified atom stereocenters. The maximum atomic E-state index is 9.62. The third kappa shape index (κ3) is 4.07. The Morgan fingerprint density at radius 2 is 2.00 bits per heavy atom. The first-order chi connectivity index (χ1) is 7.63. The van der Waals surface area contributed by atoms with Gasteiger partial charge in [0, 0.05) is 6.42 Å². The second-order valence-corrected chi connectivity index (χ2v) is 4.05. The Morgan fingerprint density at radius 1 is 1.38 bits per heavy atom. The van der Waals surface area contributed by atoms with Crippen molar-refractivity contribution in [2.45, 2.75) is 32.8 Å². The summed E-state index contributed by atoms with van der Waals surface area (Å²) in [6.07, 6.45) is 1.24. The monoisotopic (exact) mass is 220 g/mol. The lowest BCUT2D eigenvalue weighted by Crippen LogP contribution is -1.99. The van der Waals surface area contributed by atoms with Gasteiger partial charge in [0.15, 0.2) is 0 Å². The average molecular weight is 220 g/mol. The maximum Gasteiger partial charge on any atom is 0.119 e. The van der Waals surface area contributed by atoms with Crippen molar-refractivity contribution >= 4 is 0 Å². The molecule has 0 saturated heterocycles. The van der Waals surface area contributed by atoms with E-state index in [4.69, 9.17) is 4.74 Å². The standard InChI is InChI=1S/C14H20O2/c1-4-14(15)12-5-7-13(8-6-12)16-10-9-11(2)3/h5-8,14-15H,2,4,9-10H2,1,3H3/t14-/m0/s1. The summed E-state index contributed by atoms with van der Waals surface area (Å²) < 4.78 is 5.54. The molecule has 1 rings (SSSR count). The number of hydrogen-bond donors (Lipinski definition) is 1. The summed E-state index contributed by atoms with van der Waals surface area (Å²) >= 11 is 0. The number of rotatable bonds is 6. The van der Waals surface area contributed by atoms with E-state index < -0.39 is 0 Å². The van der Waals surface area contributed by atoms with E-state index in [9.17, 15) is 5.11 Å². The molecule has 16 heavy (non-hydrogen) atoms. The van der Waals surface area contributed by atoms with Crippen molar-refractivity contribution in [1.29, 1.82) is 0 Å². The van der Waals surface area contributed by atoms with E-state index in [2.05, 4.69) is 6.58 Å². The van der Waals surface area contributed by atoms with E-state index >= 15 is 0 Å². The first kappa shape index (κ1) is 12.8. The predicted molar refractivity (Wildman–Crippen MR) is 66.6 cm³/mol. The van der Waals surface area contributed by atoms with Gasteiger partial charge in [0.05, 0.1) is 12.7 Å². The molecular weight excluding hydrogens is 200 g/mol. The van der Waals surface area contributed by atoms with E-state index in [1.165, 1.54) is 0 Å². The first-order valence-electron chi connectivity index (χ1n) is 5.68. The molecule has 0 saturated carbocycles. The lowest BCUT2D eigenvalue weighted by atomic mass is 10.1. The van der Waals surface area contributed by atoms with Gasteiger partial charge in [-0.1, -0.05) is 24.6 Å². The summed E-state index contributed by atoms with van der Waals surface area (Å²) in [5.74, 6) is 0.841. The van der Waals surface area contributed by atoms with Crippen molar-refractivity contribution in [2.24, 2.45) is 0 Å². The molecule has 1 aromatic carbocycles. The molecule has 1 N–H and O–H groups in total. The highest BCUT2D eigenvalue weighted by molar-refractivity contribution is 5.28. The second kappa shape index (κ2) is 6.33. The van der Waals surface area contributed by atoms with E-state index in [-0.39, 0.29) is 6.10 Å². The minimum absolute atomic E-state index is 0.371. The fraction of sp³-hybridized carbons (Fsp3) is 0.429. The van der Waals surface area contributed by atoms with Crippen LogP contribution in [0.2, 0.25) is 0 Å². The molecular formula is C14H20O2. The van der Waals surface area contributed by atoms with Gasteiger partial charge in [-0.15, -0.1) is 6.58 Å². The third-order valence-electron chi connectivity index (χ3n) is 2.45. The van der Waals surface area contributed by atoms with Crippen LogP contribution in [0.3, 0.4) is 0 Å². The average Bonchev–Trinajstić information content (AvgIpc) is 2.28. The van der Waals surface area contributed by atoms with E-state index in [0.29, 0.717) is 6.61 Å². The van der Waals surface area contributed by atoms with Crippen molar-refractivity contribution in [3.63, 3.8) is 0 Å². The highest BCUT2D eigenvalue weighted by atomic mass is 16.5. The Hall–Kier alpha value is -1.28. The zero-order chi connectivity index (χ0) is 12.0. The lowest BCUT2D eigenvalue weighted by Gasteiger charge is -2.10. The van der Waals surface area contributed by atoms with Crippen molar-refractivity contribution in [2.75, 3.05) is 6.61 Å². The van der Waals surface area contributed by atoms with Crippen LogP contribution in [0.4, 0.5) is 0 Å². The van der Waals surface area contributed by atoms with Gasteiger partial charge in [-0.25, -0.2) is 0 Å². The molecule has 0 aliphatic carbocycles. The van der Waals surface area contributed by atoms with Crippen LogP contribution in [0.5, 0.6) is 5.75 Å². The molecule has 88 valence electrons. The Kier molecular flexibility index (Phi) is 5.06. The number of ether oxygens (including phenoxy) is 1. The molecule has 0 radical (unpaired) electrons. The van der Waals surface area contributed by atoms with Gasteiger partial charge in [-0.2, -0.15) is 0 Å². The number of hydrogen-bond acceptors (Lipinski definition) is 2. The van der Waals surface area contributed by atoms with Crippen LogP contribution in [0.15, 0.2) is 36.4 Å². The minimum atomic E-state index is -0.371. The van der Waals surface area contributed by atoms with Gasteiger partial charge in [0.1, 0.15) is 5.75 Å². The molecule has 2 heteroatoms. The van der Waals surface area contributed by atoms with Gasteiger partial charge >= 0.3 is 0 Å². The van der Waals surface area contributed by atoms with Crippen LogP contribution >= 0.6 is 0 Å². The van der Waals surface area contributed by atoms with Crippen LogP contribution in [0.1, 0.15) is 38.4 Å². The van der Waals surface area contributed by atoms with Gasteiger partial charge in [-0.05, 0) is 31.0 Å².